The Balaban J connectivity index is 1.90. The molecule has 42 heavy (non-hydrogen) atoms. The SMILES string of the molecule is CCCCNC(=O)[C@H](Cc1ccccc1)N(Cc1ccccc1F)C(=O)CCCN(c1cccc(Cl)c1C)S(C)(=O)=O. The Kier molecular flexibility index (Phi) is 12.4. The Morgan fingerprint density at radius 2 is 1.67 bits per heavy atom. The Morgan fingerprint density at radius 1 is 0.976 bits per heavy atom. The summed E-state index contributed by atoms with van der Waals surface area (Å²) in [5.74, 6) is -1.16. The maximum absolute atomic E-state index is 14.8. The zero-order chi connectivity index (χ0) is 30.7. The summed E-state index contributed by atoms with van der Waals surface area (Å²) in [6.07, 6.45) is 3.17. The molecule has 3 aromatic carbocycles. The highest BCUT2D eigenvalue weighted by Gasteiger charge is 2.31. The lowest BCUT2D eigenvalue weighted by Gasteiger charge is -2.32. The number of nitrogens with one attached hydrogen (secondary N) is 1. The Bertz CT molecular complexity index is 1450. The van der Waals surface area contributed by atoms with E-state index in [-0.39, 0.29) is 49.7 Å². The van der Waals surface area contributed by atoms with Crippen LogP contribution < -0.4 is 9.62 Å². The van der Waals surface area contributed by atoms with Crippen LogP contribution in [0.4, 0.5) is 10.1 Å². The third kappa shape index (κ3) is 9.29. The van der Waals surface area contributed by atoms with Gasteiger partial charge >= 0.3 is 0 Å². The van der Waals surface area contributed by atoms with Gasteiger partial charge in [0.05, 0.1) is 11.9 Å². The van der Waals surface area contributed by atoms with E-state index < -0.39 is 21.9 Å². The number of carbonyl (C=O) groups excluding carboxylic acids is 2. The molecule has 0 radical (unpaired) electrons. The minimum absolute atomic E-state index is 0.0331. The van der Waals surface area contributed by atoms with Crippen molar-refractivity contribution in [1.82, 2.24) is 10.2 Å². The minimum Gasteiger partial charge on any atom is -0.354 e. The molecule has 0 bridgehead atoms. The summed E-state index contributed by atoms with van der Waals surface area (Å²) >= 11 is 6.25. The van der Waals surface area contributed by atoms with E-state index in [4.69, 9.17) is 11.6 Å². The smallest absolute Gasteiger partial charge is 0.243 e. The van der Waals surface area contributed by atoms with Crippen LogP contribution in [0.2, 0.25) is 5.02 Å². The summed E-state index contributed by atoms with van der Waals surface area (Å²) in [6, 6.07) is 19.7. The maximum atomic E-state index is 14.8. The molecular weight excluding hydrogens is 577 g/mol. The van der Waals surface area contributed by atoms with Crippen molar-refractivity contribution in [2.45, 2.75) is 58.5 Å². The van der Waals surface area contributed by atoms with Crippen LogP contribution in [0.25, 0.3) is 0 Å². The molecule has 3 aromatic rings. The van der Waals surface area contributed by atoms with Gasteiger partial charge in [0.15, 0.2) is 0 Å². The molecule has 10 heteroatoms. The summed E-state index contributed by atoms with van der Waals surface area (Å²) in [7, 11) is -3.68. The van der Waals surface area contributed by atoms with E-state index >= 15 is 0 Å². The summed E-state index contributed by atoms with van der Waals surface area (Å²) in [5, 5.41) is 3.38. The fraction of sp³-hybridized carbons (Fsp3) is 0.375. The van der Waals surface area contributed by atoms with E-state index in [0.717, 1.165) is 24.7 Å². The Morgan fingerprint density at radius 3 is 2.33 bits per heavy atom. The van der Waals surface area contributed by atoms with Gasteiger partial charge in [-0.05, 0) is 49.1 Å². The number of hydrogen-bond acceptors (Lipinski definition) is 4. The number of halogens is 2. The first-order valence-corrected chi connectivity index (χ1v) is 16.3. The third-order valence-electron chi connectivity index (χ3n) is 7.06. The van der Waals surface area contributed by atoms with Crippen molar-refractivity contribution >= 4 is 39.1 Å². The van der Waals surface area contributed by atoms with Gasteiger partial charge in [-0.1, -0.05) is 79.5 Å². The van der Waals surface area contributed by atoms with Gasteiger partial charge in [0, 0.05) is 43.1 Å². The van der Waals surface area contributed by atoms with E-state index in [9.17, 15) is 22.4 Å². The first-order chi connectivity index (χ1) is 20.0. The second-order valence-corrected chi connectivity index (χ2v) is 12.6. The fourth-order valence-corrected chi connectivity index (χ4v) is 5.90. The normalized spacial score (nSPS) is 12.0. The number of sulfonamides is 1. The topological polar surface area (TPSA) is 86.8 Å². The van der Waals surface area contributed by atoms with Crippen LogP contribution in [-0.4, -0.2) is 50.5 Å². The molecule has 0 fully saturated rings. The maximum Gasteiger partial charge on any atom is 0.243 e. The summed E-state index contributed by atoms with van der Waals surface area (Å²) in [4.78, 5) is 28.8. The molecule has 0 aliphatic rings. The highest BCUT2D eigenvalue weighted by atomic mass is 35.5. The van der Waals surface area contributed by atoms with Gasteiger partial charge in [-0.15, -0.1) is 0 Å². The van der Waals surface area contributed by atoms with Gasteiger partial charge in [0.25, 0.3) is 0 Å². The monoisotopic (exact) mass is 615 g/mol. The number of nitrogens with zero attached hydrogens (tertiary/aromatic N) is 2. The molecule has 0 unspecified atom stereocenters. The van der Waals surface area contributed by atoms with Gasteiger partial charge in [-0.25, -0.2) is 12.8 Å². The molecule has 0 saturated carbocycles. The number of anilines is 1. The summed E-state index contributed by atoms with van der Waals surface area (Å²) in [5.41, 5.74) is 2.21. The first kappa shape index (κ1) is 33.1. The van der Waals surface area contributed by atoms with Crippen molar-refractivity contribution in [2.75, 3.05) is 23.7 Å². The number of unbranched alkanes of at least 4 members (excludes halogenated alkanes) is 1. The molecule has 3 rings (SSSR count). The minimum atomic E-state index is -3.68. The van der Waals surface area contributed by atoms with Crippen LogP contribution in [0.3, 0.4) is 0 Å². The van der Waals surface area contributed by atoms with E-state index in [0.29, 0.717) is 22.8 Å². The number of rotatable bonds is 15. The predicted molar refractivity (Wildman–Crippen MR) is 166 cm³/mol. The largest absolute Gasteiger partial charge is 0.354 e. The average Bonchev–Trinajstić information content (AvgIpc) is 2.95. The van der Waals surface area contributed by atoms with Crippen LogP contribution in [0.15, 0.2) is 72.8 Å². The van der Waals surface area contributed by atoms with Gasteiger partial charge in [-0.2, -0.15) is 0 Å². The molecule has 7 nitrogen and oxygen atoms in total. The van der Waals surface area contributed by atoms with E-state index in [1.54, 1.807) is 43.3 Å². The predicted octanol–water partition coefficient (Wildman–Crippen LogP) is 5.89. The van der Waals surface area contributed by atoms with E-state index in [1.807, 2.05) is 37.3 Å². The second-order valence-electron chi connectivity index (χ2n) is 10.3. The van der Waals surface area contributed by atoms with E-state index in [1.165, 1.54) is 15.3 Å². The highest BCUT2D eigenvalue weighted by Crippen LogP contribution is 2.28. The molecule has 1 N–H and O–H groups in total. The molecular formula is C32H39ClFN3O4S. The zero-order valence-corrected chi connectivity index (χ0v) is 25.9. The van der Waals surface area contributed by atoms with Crippen molar-refractivity contribution in [2.24, 2.45) is 0 Å². The van der Waals surface area contributed by atoms with Crippen molar-refractivity contribution < 1.29 is 22.4 Å². The third-order valence-corrected chi connectivity index (χ3v) is 8.65. The number of benzene rings is 3. The van der Waals surface area contributed by atoms with Gasteiger partial charge < -0.3 is 10.2 Å². The van der Waals surface area contributed by atoms with Crippen LogP contribution in [0, 0.1) is 12.7 Å². The average molecular weight is 616 g/mol. The highest BCUT2D eigenvalue weighted by molar-refractivity contribution is 7.92. The molecule has 0 heterocycles. The lowest BCUT2D eigenvalue weighted by Crippen LogP contribution is -2.50. The zero-order valence-electron chi connectivity index (χ0n) is 24.4. The Labute approximate surface area is 253 Å². The van der Waals surface area contributed by atoms with Crippen LogP contribution in [0.1, 0.15) is 49.3 Å². The van der Waals surface area contributed by atoms with Gasteiger partial charge in [0.1, 0.15) is 11.9 Å². The molecule has 0 aliphatic carbocycles. The van der Waals surface area contributed by atoms with Crippen molar-refractivity contribution in [3.05, 3.63) is 100 Å². The molecule has 0 spiro atoms. The lowest BCUT2D eigenvalue weighted by molar-refractivity contribution is -0.141. The van der Waals surface area contributed by atoms with Gasteiger partial charge in [0.2, 0.25) is 21.8 Å². The van der Waals surface area contributed by atoms with Crippen molar-refractivity contribution in [3.8, 4) is 0 Å². The van der Waals surface area contributed by atoms with Crippen LogP contribution in [-0.2, 0) is 32.6 Å². The summed E-state index contributed by atoms with van der Waals surface area (Å²) in [6.45, 7) is 4.15. The van der Waals surface area contributed by atoms with Crippen molar-refractivity contribution in [3.63, 3.8) is 0 Å². The quantitative estimate of drug-likeness (QED) is 0.216. The lowest BCUT2D eigenvalue weighted by atomic mass is 10.0. The molecule has 2 amide bonds. The Hall–Kier alpha value is -3.43. The molecule has 0 saturated heterocycles. The molecule has 1 atom stereocenters. The molecule has 0 aliphatic heterocycles. The van der Waals surface area contributed by atoms with Crippen molar-refractivity contribution in [1.29, 1.82) is 0 Å². The number of hydrogen-bond donors (Lipinski definition) is 1. The molecule has 226 valence electrons. The van der Waals surface area contributed by atoms with Crippen LogP contribution in [0.5, 0.6) is 0 Å². The van der Waals surface area contributed by atoms with Crippen LogP contribution >= 0.6 is 11.6 Å². The molecule has 0 aromatic heterocycles. The van der Waals surface area contributed by atoms with E-state index in [2.05, 4.69) is 5.32 Å². The standard InChI is InChI=1S/C32H39ClFN3O4S/c1-4-5-20-35-32(39)30(22-25-13-7-6-8-14-25)36(23-26-15-9-10-17-28(26)34)31(38)19-12-21-37(42(3,40)41)29-18-11-16-27(33)24(29)2/h6-11,13-18,30H,4-5,12,19-23H2,1-3H3,(H,35,39)/t30-/m0/s1. The first-order valence-electron chi connectivity index (χ1n) is 14.1. The summed E-state index contributed by atoms with van der Waals surface area (Å²) < 4.78 is 41.4. The number of carbonyl (C=O) groups is 2. The van der Waals surface area contributed by atoms with Gasteiger partial charge in [-0.3, -0.25) is 13.9 Å². The number of amides is 2. The fourth-order valence-electron chi connectivity index (χ4n) is 4.72. The second kappa shape index (κ2) is 15.7.